The van der Waals surface area contributed by atoms with Gasteiger partial charge in [-0.2, -0.15) is 0 Å². The maximum atomic E-state index is 13.4. The SMILES string of the molecule is N=C(c1ccc(C(=O)Nc2ccc(N3CCOCC3)cc2C(=O)Nc2ccc(CI)cn2)cc1)N1CCCCC1. The van der Waals surface area contributed by atoms with Crippen LogP contribution in [0.3, 0.4) is 0 Å². The second-order valence-corrected chi connectivity index (χ2v) is 10.7. The van der Waals surface area contributed by atoms with Gasteiger partial charge in [0.15, 0.2) is 0 Å². The van der Waals surface area contributed by atoms with Crippen molar-refractivity contribution in [3.8, 4) is 0 Å². The van der Waals surface area contributed by atoms with Crippen LogP contribution in [0.25, 0.3) is 0 Å². The fraction of sp³-hybridized carbons (Fsp3) is 0.333. The Labute approximate surface area is 248 Å². The normalized spacial score (nSPS) is 15.4. The molecule has 3 aromatic rings. The Balaban J connectivity index is 1.35. The minimum atomic E-state index is -0.356. The predicted octanol–water partition coefficient (Wildman–Crippen LogP) is 5.17. The summed E-state index contributed by atoms with van der Waals surface area (Å²) in [5, 5.41) is 14.3. The molecule has 40 heavy (non-hydrogen) atoms. The van der Waals surface area contributed by atoms with Gasteiger partial charge in [0.05, 0.1) is 24.5 Å². The van der Waals surface area contributed by atoms with Crippen LogP contribution in [0, 0.1) is 5.41 Å². The van der Waals surface area contributed by atoms with E-state index in [0.29, 0.717) is 41.7 Å². The molecule has 2 aromatic carbocycles. The number of alkyl halides is 1. The third-order valence-electron chi connectivity index (χ3n) is 7.19. The Morgan fingerprint density at radius 1 is 0.875 bits per heavy atom. The van der Waals surface area contributed by atoms with Gasteiger partial charge in [-0.1, -0.05) is 40.8 Å². The number of hydrogen-bond donors (Lipinski definition) is 3. The molecule has 0 unspecified atom stereocenters. The third kappa shape index (κ3) is 6.79. The number of likely N-dealkylation sites (tertiary alicyclic amines) is 1. The number of carbonyl (C=O) groups excluding carboxylic acids is 2. The van der Waals surface area contributed by atoms with Gasteiger partial charge in [0.1, 0.15) is 11.7 Å². The lowest BCUT2D eigenvalue weighted by atomic mass is 10.1. The van der Waals surface area contributed by atoms with Gasteiger partial charge in [-0.25, -0.2) is 4.98 Å². The van der Waals surface area contributed by atoms with Crippen molar-refractivity contribution < 1.29 is 14.3 Å². The number of nitrogens with zero attached hydrogens (tertiary/aromatic N) is 3. The molecule has 2 aliphatic rings. The minimum Gasteiger partial charge on any atom is -0.378 e. The number of aromatic nitrogens is 1. The number of amides is 2. The first-order valence-electron chi connectivity index (χ1n) is 13.6. The second kappa shape index (κ2) is 13.2. The van der Waals surface area contributed by atoms with Gasteiger partial charge in [0, 0.05) is 53.6 Å². The summed E-state index contributed by atoms with van der Waals surface area (Å²) in [5.74, 6) is 0.253. The molecule has 3 N–H and O–H groups in total. The molecule has 5 rings (SSSR count). The number of nitrogens with one attached hydrogen (secondary N) is 3. The van der Waals surface area contributed by atoms with E-state index in [4.69, 9.17) is 10.1 Å². The number of anilines is 3. The summed E-state index contributed by atoms with van der Waals surface area (Å²) >= 11 is 2.27. The second-order valence-electron chi connectivity index (χ2n) is 9.90. The summed E-state index contributed by atoms with van der Waals surface area (Å²) in [4.78, 5) is 35.3. The fourth-order valence-electron chi connectivity index (χ4n) is 4.88. The van der Waals surface area contributed by atoms with Crippen LogP contribution in [-0.4, -0.2) is 66.9 Å². The molecule has 0 aliphatic carbocycles. The van der Waals surface area contributed by atoms with E-state index < -0.39 is 0 Å². The van der Waals surface area contributed by atoms with Crippen LogP contribution in [-0.2, 0) is 9.16 Å². The first-order valence-corrected chi connectivity index (χ1v) is 15.1. The fourth-order valence-corrected chi connectivity index (χ4v) is 5.33. The molecule has 9 nitrogen and oxygen atoms in total. The molecular formula is C30H33IN6O3. The third-order valence-corrected chi connectivity index (χ3v) is 8.07. The van der Waals surface area contributed by atoms with E-state index in [-0.39, 0.29) is 11.8 Å². The van der Waals surface area contributed by atoms with E-state index in [1.54, 1.807) is 36.5 Å². The Morgan fingerprint density at radius 3 is 2.27 bits per heavy atom. The summed E-state index contributed by atoms with van der Waals surface area (Å²) < 4.78 is 6.31. The average molecular weight is 653 g/mol. The highest BCUT2D eigenvalue weighted by Gasteiger charge is 2.20. The highest BCUT2D eigenvalue weighted by molar-refractivity contribution is 14.1. The quantitative estimate of drug-likeness (QED) is 0.141. The molecule has 0 spiro atoms. The minimum absolute atomic E-state index is 0.325. The zero-order valence-electron chi connectivity index (χ0n) is 22.3. The van der Waals surface area contributed by atoms with Crippen molar-refractivity contribution in [2.24, 2.45) is 0 Å². The van der Waals surface area contributed by atoms with E-state index in [0.717, 1.165) is 60.3 Å². The summed E-state index contributed by atoms with van der Waals surface area (Å²) in [6, 6.07) is 16.3. The smallest absolute Gasteiger partial charge is 0.259 e. The largest absolute Gasteiger partial charge is 0.378 e. The highest BCUT2D eigenvalue weighted by atomic mass is 127. The number of ether oxygens (including phenoxy) is 1. The zero-order valence-corrected chi connectivity index (χ0v) is 24.4. The van der Waals surface area contributed by atoms with Crippen molar-refractivity contribution >= 4 is 57.4 Å². The molecule has 0 saturated carbocycles. The molecule has 2 aliphatic heterocycles. The van der Waals surface area contributed by atoms with Gasteiger partial charge in [0.2, 0.25) is 0 Å². The van der Waals surface area contributed by atoms with Gasteiger partial charge >= 0.3 is 0 Å². The Bertz CT molecular complexity index is 1350. The number of carbonyl (C=O) groups is 2. The molecule has 0 atom stereocenters. The van der Waals surface area contributed by atoms with Crippen LogP contribution in [0.15, 0.2) is 60.8 Å². The molecule has 208 valence electrons. The van der Waals surface area contributed by atoms with E-state index in [9.17, 15) is 9.59 Å². The van der Waals surface area contributed by atoms with Gasteiger partial charge in [0.25, 0.3) is 11.8 Å². The molecule has 10 heteroatoms. The summed E-state index contributed by atoms with van der Waals surface area (Å²) in [5.41, 5.74) is 3.96. The lowest BCUT2D eigenvalue weighted by Crippen LogP contribution is -2.36. The number of hydrogen-bond acceptors (Lipinski definition) is 6. The van der Waals surface area contributed by atoms with Crippen molar-refractivity contribution in [2.75, 3.05) is 54.9 Å². The van der Waals surface area contributed by atoms with E-state index in [1.807, 2.05) is 24.3 Å². The molecular weight excluding hydrogens is 619 g/mol. The van der Waals surface area contributed by atoms with E-state index >= 15 is 0 Å². The van der Waals surface area contributed by atoms with E-state index in [1.165, 1.54) is 6.42 Å². The Hall–Kier alpha value is -3.51. The number of benzene rings is 2. The van der Waals surface area contributed by atoms with Crippen LogP contribution in [0.2, 0.25) is 0 Å². The summed E-state index contributed by atoms with van der Waals surface area (Å²) in [7, 11) is 0. The monoisotopic (exact) mass is 652 g/mol. The number of amidine groups is 1. The van der Waals surface area contributed by atoms with Gasteiger partial charge in [-0.15, -0.1) is 0 Å². The van der Waals surface area contributed by atoms with E-state index in [2.05, 4.69) is 48.0 Å². The van der Waals surface area contributed by atoms with Gasteiger partial charge < -0.3 is 25.2 Å². The predicted molar refractivity (Wildman–Crippen MR) is 166 cm³/mol. The number of piperidine rings is 1. The van der Waals surface area contributed by atoms with Crippen molar-refractivity contribution in [1.29, 1.82) is 5.41 Å². The molecule has 2 fully saturated rings. The maximum Gasteiger partial charge on any atom is 0.259 e. The van der Waals surface area contributed by atoms with Crippen molar-refractivity contribution in [1.82, 2.24) is 9.88 Å². The van der Waals surface area contributed by atoms with Crippen molar-refractivity contribution in [3.63, 3.8) is 0 Å². The lowest BCUT2D eigenvalue weighted by molar-refractivity contribution is 0.102. The van der Waals surface area contributed by atoms with Crippen LogP contribution < -0.4 is 15.5 Å². The number of morpholine rings is 1. The molecule has 0 bridgehead atoms. The first kappa shape index (κ1) is 28.0. The standard InChI is InChI=1S/C30H33IN6O3/c31-19-21-4-11-27(33-20-21)35-30(39)25-18-24(36-14-16-40-17-15-36)9-10-26(25)34-29(38)23-7-5-22(6-8-23)28(32)37-12-2-1-3-13-37/h4-11,18,20,32H,1-3,12-17,19H2,(H,34,38)(H,33,35,39). The molecule has 3 heterocycles. The highest BCUT2D eigenvalue weighted by Crippen LogP contribution is 2.26. The van der Waals surface area contributed by atoms with Crippen LogP contribution in [0.4, 0.5) is 17.2 Å². The summed E-state index contributed by atoms with van der Waals surface area (Å²) in [6.45, 7) is 4.49. The molecule has 2 saturated heterocycles. The Kier molecular flexibility index (Phi) is 9.27. The molecule has 0 radical (unpaired) electrons. The first-order chi connectivity index (χ1) is 19.5. The van der Waals surface area contributed by atoms with Crippen LogP contribution >= 0.6 is 22.6 Å². The molecule has 2 amide bonds. The van der Waals surface area contributed by atoms with Gasteiger partial charge in [-0.05, 0) is 61.2 Å². The lowest BCUT2D eigenvalue weighted by Gasteiger charge is -2.29. The molecule has 1 aromatic heterocycles. The van der Waals surface area contributed by atoms with Crippen molar-refractivity contribution in [3.05, 3.63) is 83.0 Å². The number of pyridine rings is 1. The number of halogens is 1. The van der Waals surface area contributed by atoms with Crippen molar-refractivity contribution in [2.45, 2.75) is 23.7 Å². The topological polar surface area (TPSA) is 111 Å². The van der Waals surface area contributed by atoms with Gasteiger partial charge in [-0.3, -0.25) is 15.0 Å². The average Bonchev–Trinajstić information content (AvgIpc) is 3.02. The zero-order chi connectivity index (χ0) is 27.9. The van der Waals surface area contributed by atoms with Crippen LogP contribution in [0.1, 0.15) is 51.1 Å². The Morgan fingerprint density at radius 2 is 1.60 bits per heavy atom. The maximum absolute atomic E-state index is 13.4. The van der Waals surface area contributed by atoms with Crippen LogP contribution in [0.5, 0.6) is 0 Å². The summed E-state index contributed by atoms with van der Waals surface area (Å²) in [6.07, 6.45) is 5.15. The number of rotatable bonds is 7.